The fourth-order valence-electron chi connectivity index (χ4n) is 4.77. The first-order valence-electron chi connectivity index (χ1n) is 12.8. The molecule has 2 aromatic carbocycles. The lowest BCUT2D eigenvalue weighted by Gasteiger charge is -2.46. The van der Waals surface area contributed by atoms with Gasteiger partial charge in [0.1, 0.15) is 6.54 Å². The van der Waals surface area contributed by atoms with E-state index < -0.39 is 0 Å². The zero-order valence-electron chi connectivity index (χ0n) is 20.5. The number of nitrogens with zero attached hydrogens (tertiary/aromatic N) is 2. The molecule has 180 valence electrons. The number of rotatable bonds is 11. The zero-order chi connectivity index (χ0) is 23.9. The Labute approximate surface area is 209 Å². The average molecular weight is 476 g/mol. The number of carbonyl (C=O) groups excluding carboxylic acids is 1. The third kappa shape index (κ3) is 6.43. The molecule has 2 aliphatic rings. The quantitative estimate of drug-likeness (QED) is 0.301. The van der Waals surface area contributed by atoms with Crippen LogP contribution in [0.1, 0.15) is 64.4 Å². The predicted molar refractivity (Wildman–Crippen MR) is 140 cm³/mol. The molecular formula is C29H37N3OS. The van der Waals surface area contributed by atoms with Gasteiger partial charge in [0, 0.05) is 23.5 Å². The second-order valence-electron chi connectivity index (χ2n) is 10.2. The summed E-state index contributed by atoms with van der Waals surface area (Å²) < 4.78 is 0. The average Bonchev–Trinajstić information content (AvgIpc) is 2.75. The molecule has 4 rings (SSSR count). The van der Waals surface area contributed by atoms with Gasteiger partial charge in [0.25, 0.3) is 0 Å². The van der Waals surface area contributed by atoms with Gasteiger partial charge in [-0.25, -0.2) is 0 Å². The summed E-state index contributed by atoms with van der Waals surface area (Å²) in [6.07, 6.45) is 9.05. The normalized spacial score (nSPS) is 17.1. The highest BCUT2D eigenvalue weighted by molar-refractivity contribution is 8.00. The van der Waals surface area contributed by atoms with Crippen molar-refractivity contribution in [2.45, 2.75) is 87.6 Å². The molecule has 0 aromatic heterocycles. The molecule has 1 N–H and O–H groups in total. The number of nitrogens with one attached hydrogen (secondary N) is 1. The number of hydrogen-bond donors (Lipinski definition) is 1. The van der Waals surface area contributed by atoms with E-state index in [2.05, 4.69) is 72.6 Å². The molecule has 2 fully saturated rings. The minimum absolute atomic E-state index is 0.0575. The van der Waals surface area contributed by atoms with Crippen LogP contribution in [0, 0.1) is 17.2 Å². The van der Waals surface area contributed by atoms with Crippen LogP contribution >= 0.6 is 11.8 Å². The minimum atomic E-state index is -0.187. The predicted octanol–water partition coefficient (Wildman–Crippen LogP) is 6.41. The van der Waals surface area contributed by atoms with Gasteiger partial charge >= 0.3 is 0 Å². The minimum Gasteiger partial charge on any atom is -0.342 e. The standard InChI is InChI=1S/C29H37N3OS/c1-21(2)19-28(29(33)31-18-17-30)34-27-15-13-24(14-16-27)23-11-9-22(10-12-23)20-32(25-5-3-6-25)26-7-4-8-26/h9-16,21,25-26,28H,3-8,18-20H2,1-2H3,(H,31,33)/t28-/m1/s1. The number of thioether (sulfide) groups is 1. The van der Waals surface area contributed by atoms with Crippen molar-refractivity contribution < 1.29 is 4.79 Å². The third-order valence-electron chi connectivity index (χ3n) is 7.19. The van der Waals surface area contributed by atoms with Crippen LogP contribution in [0.5, 0.6) is 0 Å². The summed E-state index contributed by atoms with van der Waals surface area (Å²) >= 11 is 1.58. The maximum Gasteiger partial charge on any atom is 0.234 e. The van der Waals surface area contributed by atoms with E-state index in [0.29, 0.717) is 5.92 Å². The first-order chi connectivity index (χ1) is 16.5. The molecule has 34 heavy (non-hydrogen) atoms. The first-order valence-corrected chi connectivity index (χ1v) is 13.7. The van der Waals surface area contributed by atoms with Crippen LogP contribution in [0.15, 0.2) is 53.4 Å². The molecule has 0 unspecified atom stereocenters. The van der Waals surface area contributed by atoms with Gasteiger partial charge in [0.2, 0.25) is 5.91 Å². The molecule has 1 atom stereocenters. The van der Waals surface area contributed by atoms with Crippen molar-refractivity contribution >= 4 is 17.7 Å². The Balaban J connectivity index is 1.38. The zero-order valence-corrected chi connectivity index (χ0v) is 21.3. The lowest BCUT2D eigenvalue weighted by molar-refractivity contribution is -0.120. The van der Waals surface area contributed by atoms with Crippen molar-refractivity contribution in [1.82, 2.24) is 10.2 Å². The fourth-order valence-corrected chi connectivity index (χ4v) is 6.07. The molecule has 2 aliphatic carbocycles. The summed E-state index contributed by atoms with van der Waals surface area (Å²) in [5.41, 5.74) is 3.83. The molecule has 0 heterocycles. The molecule has 0 spiro atoms. The Morgan fingerprint density at radius 3 is 2.03 bits per heavy atom. The fraction of sp³-hybridized carbons (Fsp3) is 0.517. The van der Waals surface area contributed by atoms with Crippen LogP contribution in [-0.4, -0.2) is 34.7 Å². The maximum atomic E-state index is 12.5. The van der Waals surface area contributed by atoms with E-state index in [0.717, 1.165) is 29.9 Å². The number of amides is 1. The largest absolute Gasteiger partial charge is 0.342 e. The lowest BCUT2D eigenvalue weighted by atomic mass is 9.84. The van der Waals surface area contributed by atoms with Crippen LogP contribution in [0.25, 0.3) is 11.1 Å². The van der Waals surface area contributed by atoms with Gasteiger partial charge in [0.05, 0.1) is 11.3 Å². The summed E-state index contributed by atoms with van der Waals surface area (Å²) in [4.78, 5) is 16.3. The highest BCUT2D eigenvalue weighted by Gasteiger charge is 2.33. The first kappa shape index (κ1) is 24.8. The SMILES string of the molecule is CC(C)C[C@@H](Sc1ccc(-c2ccc(CN(C3CCC3)C3CCC3)cc2)cc1)C(=O)NCC#N. The van der Waals surface area contributed by atoms with E-state index in [9.17, 15) is 4.79 Å². The van der Waals surface area contributed by atoms with Gasteiger partial charge in [-0.15, -0.1) is 11.8 Å². The Kier molecular flexibility index (Phi) is 8.69. The van der Waals surface area contributed by atoms with Crippen molar-refractivity contribution in [3.05, 3.63) is 54.1 Å². The molecule has 2 saturated carbocycles. The molecule has 0 saturated heterocycles. The summed E-state index contributed by atoms with van der Waals surface area (Å²) in [5, 5.41) is 11.3. The summed E-state index contributed by atoms with van der Waals surface area (Å²) in [6.45, 7) is 5.38. The molecular weight excluding hydrogens is 438 g/mol. The molecule has 0 bridgehead atoms. The summed E-state index contributed by atoms with van der Waals surface area (Å²) in [6, 6.07) is 21.2. The smallest absolute Gasteiger partial charge is 0.234 e. The van der Waals surface area contributed by atoms with E-state index in [4.69, 9.17) is 5.26 Å². The third-order valence-corrected chi connectivity index (χ3v) is 8.43. The second kappa shape index (κ2) is 11.9. The van der Waals surface area contributed by atoms with Gasteiger partial charge < -0.3 is 5.32 Å². The van der Waals surface area contributed by atoms with Crippen molar-refractivity contribution in [1.29, 1.82) is 5.26 Å². The number of carbonyl (C=O) groups is 1. The Morgan fingerprint density at radius 2 is 1.56 bits per heavy atom. The summed E-state index contributed by atoms with van der Waals surface area (Å²) in [5.74, 6) is 0.352. The highest BCUT2D eigenvalue weighted by Crippen LogP contribution is 2.35. The molecule has 0 radical (unpaired) electrons. The van der Waals surface area contributed by atoms with Crippen LogP contribution in [0.3, 0.4) is 0 Å². The van der Waals surface area contributed by atoms with E-state index in [-0.39, 0.29) is 17.7 Å². The highest BCUT2D eigenvalue weighted by atomic mass is 32.2. The Morgan fingerprint density at radius 1 is 1.00 bits per heavy atom. The second-order valence-corrected chi connectivity index (χ2v) is 11.5. The van der Waals surface area contributed by atoms with Gasteiger partial charge in [-0.2, -0.15) is 5.26 Å². The maximum absolute atomic E-state index is 12.5. The van der Waals surface area contributed by atoms with Crippen LogP contribution < -0.4 is 5.32 Å². The van der Waals surface area contributed by atoms with Crippen LogP contribution in [-0.2, 0) is 11.3 Å². The number of benzene rings is 2. The van der Waals surface area contributed by atoms with E-state index >= 15 is 0 Å². The topological polar surface area (TPSA) is 56.1 Å². The van der Waals surface area contributed by atoms with Crippen molar-refractivity contribution in [2.24, 2.45) is 5.92 Å². The van der Waals surface area contributed by atoms with Crippen molar-refractivity contribution in [2.75, 3.05) is 6.54 Å². The summed E-state index contributed by atoms with van der Waals surface area (Å²) in [7, 11) is 0. The van der Waals surface area contributed by atoms with E-state index in [1.807, 2.05) is 6.07 Å². The van der Waals surface area contributed by atoms with Gasteiger partial charge in [-0.05, 0) is 66.8 Å². The number of hydrogen-bond acceptors (Lipinski definition) is 4. The van der Waals surface area contributed by atoms with Crippen molar-refractivity contribution in [3.63, 3.8) is 0 Å². The van der Waals surface area contributed by atoms with Gasteiger partial charge in [0.15, 0.2) is 0 Å². The van der Waals surface area contributed by atoms with E-state index in [1.54, 1.807) is 11.8 Å². The van der Waals surface area contributed by atoms with Gasteiger partial charge in [-0.1, -0.05) is 63.1 Å². The molecule has 5 heteroatoms. The Bertz CT molecular complexity index is 958. The van der Waals surface area contributed by atoms with Crippen molar-refractivity contribution in [3.8, 4) is 17.2 Å². The van der Waals surface area contributed by atoms with E-state index in [1.165, 1.54) is 55.2 Å². The molecule has 2 aromatic rings. The molecule has 1 amide bonds. The Hall–Kier alpha value is -2.29. The van der Waals surface area contributed by atoms with Crippen LogP contribution in [0.4, 0.5) is 0 Å². The monoisotopic (exact) mass is 475 g/mol. The number of nitriles is 1. The van der Waals surface area contributed by atoms with Crippen LogP contribution in [0.2, 0.25) is 0 Å². The van der Waals surface area contributed by atoms with Gasteiger partial charge in [-0.3, -0.25) is 9.69 Å². The molecule has 4 nitrogen and oxygen atoms in total. The lowest BCUT2D eigenvalue weighted by Crippen LogP contribution is -2.48. The molecule has 0 aliphatic heterocycles.